The van der Waals surface area contributed by atoms with Crippen molar-refractivity contribution in [3.63, 3.8) is 0 Å². The summed E-state index contributed by atoms with van der Waals surface area (Å²) in [4.78, 5) is 22.1. The third-order valence-corrected chi connectivity index (χ3v) is 6.90. The lowest BCUT2D eigenvalue weighted by molar-refractivity contribution is -0.134. The Labute approximate surface area is 250 Å². The largest absolute Gasteiger partial charge is 0.494 e. The zero-order chi connectivity index (χ0) is 30.5. The number of ether oxygens (including phenoxy) is 4. The molecule has 0 aliphatic carbocycles. The Morgan fingerprint density at radius 1 is 1.12 bits per heavy atom. The molecule has 0 unspecified atom stereocenters. The molecule has 2 atom stereocenters. The van der Waals surface area contributed by atoms with Crippen LogP contribution in [0.2, 0.25) is 0 Å². The van der Waals surface area contributed by atoms with Crippen LogP contribution in [0.15, 0.2) is 95.0 Å². The number of amides is 1. The van der Waals surface area contributed by atoms with E-state index < -0.39 is 23.8 Å². The summed E-state index contributed by atoms with van der Waals surface area (Å²) in [7, 11) is 2.98. The van der Waals surface area contributed by atoms with E-state index in [1.165, 1.54) is 14.2 Å². The lowest BCUT2D eigenvalue weighted by Crippen LogP contribution is -2.50. The molecular formula is C32H35N5O6. The van der Waals surface area contributed by atoms with Crippen LogP contribution in [-0.4, -0.2) is 62.7 Å². The van der Waals surface area contributed by atoms with E-state index in [2.05, 4.69) is 15.3 Å². The van der Waals surface area contributed by atoms with Gasteiger partial charge in [0.25, 0.3) is 5.91 Å². The minimum atomic E-state index is -1.48. The first kappa shape index (κ1) is 31.3. The first-order chi connectivity index (χ1) is 21.0. The summed E-state index contributed by atoms with van der Waals surface area (Å²) >= 11 is 0. The second-order valence-corrected chi connectivity index (χ2v) is 9.67. The minimum absolute atomic E-state index is 0.0415. The van der Waals surface area contributed by atoms with Gasteiger partial charge < -0.3 is 29.4 Å². The highest BCUT2D eigenvalue weighted by atomic mass is 16.7. The highest BCUT2D eigenvalue weighted by Gasteiger charge is 2.53. The Balaban J connectivity index is 1.79. The molecule has 1 heterocycles. The number of azide groups is 1. The van der Waals surface area contributed by atoms with Crippen molar-refractivity contribution in [1.29, 1.82) is 0 Å². The van der Waals surface area contributed by atoms with Crippen molar-refractivity contribution in [3.05, 3.63) is 112 Å². The Morgan fingerprint density at radius 2 is 1.84 bits per heavy atom. The fraction of sp³-hybridized carbons (Fsp3) is 0.312. The summed E-state index contributed by atoms with van der Waals surface area (Å²) in [5.74, 6) is 0.464. The number of methoxy groups -OCH3 is 2. The van der Waals surface area contributed by atoms with E-state index in [-0.39, 0.29) is 25.5 Å². The molecule has 1 aliphatic heterocycles. The maximum Gasteiger partial charge on any atom is 0.252 e. The molecular weight excluding hydrogens is 550 g/mol. The monoisotopic (exact) mass is 585 g/mol. The molecule has 4 rings (SSSR count). The van der Waals surface area contributed by atoms with E-state index in [1.807, 2.05) is 42.5 Å². The molecule has 3 aromatic rings. The first-order valence-corrected chi connectivity index (χ1v) is 13.8. The van der Waals surface area contributed by atoms with Gasteiger partial charge in [0, 0.05) is 55.4 Å². The van der Waals surface area contributed by atoms with Crippen LogP contribution in [-0.2, 0) is 19.0 Å². The van der Waals surface area contributed by atoms with Crippen LogP contribution >= 0.6 is 0 Å². The highest BCUT2D eigenvalue weighted by Crippen LogP contribution is 2.45. The van der Waals surface area contributed by atoms with E-state index in [0.717, 1.165) is 5.56 Å². The Bertz CT molecular complexity index is 1450. The van der Waals surface area contributed by atoms with Gasteiger partial charge in [-0.25, -0.2) is 4.99 Å². The molecule has 1 aliphatic rings. The quantitative estimate of drug-likeness (QED) is 0.0793. The van der Waals surface area contributed by atoms with Gasteiger partial charge in [0.05, 0.1) is 13.2 Å². The average molecular weight is 586 g/mol. The molecule has 0 radical (unpaired) electrons. The summed E-state index contributed by atoms with van der Waals surface area (Å²) in [6, 6.07) is 23.8. The number of nitrogens with one attached hydrogen (secondary N) is 1. The summed E-state index contributed by atoms with van der Waals surface area (Å²) in [5.41, 5.74) is 10.2. The van der Waals surface area contributed by atoms with Crippen molar-refractivity contribution in [2.24, 2.45) is 10.1 Å². The van der Waals surface area contributed by atoms with Crippen molar-refractivity contribution < 1.29 is 28.8 Å². The van der Waals surface area contributed by atoms with Crippen LogP contribution < -0.4 is 10.1 Å². The second-order valence-electron chi connectivity index (χ2n) is 9.67. The van der Waals surface area contributed by atoms with E-state index >= 15 is 0 Å². The summed E-state index contributed by atoms with van der Waals surface area (Å²) in [6.45, 7) is 0.498. The highest BCUT2D eigenvalue weighted by molar-refractivity contribution is 6.01. The molecule has 0 saturated heterocycles. The van der Waals surface area contributed by atoms with Gasteiger partial charge in [-0.1, -0.05) is 71.9 Å². The molecule has 0 aromatic heterocycles. The molecule has 1 amide bonds. The van der Waals surface area contributed by atoms with Gasteiger partial charge in [-0.15, -0.1) is 0 Å². The molecule has 2 N–H and O–H groups in total. The van der Waals surface area contributed by atoms with Gasteiger partial charge in [-0.05, 0) is 35.4 Å². The Kier molecular flexibility index (Phi) is 11.3. The average Bonchev–Trinajstić information content (AvgIpc) is 3.43. The topological polar surface area (TPSA) is 147 Å². The minimum Gasteiger partial charge on any atom is -0.494 e. The smallest absolute Gasteiger partial charge is 0.252 e. The standard InChI is InChI=1S/C32H35N5O6/c1-40-28(41-2)22-34-31(39)32(19-8-12-23-10-4-3-5-11-23)29(26-13-6-7-14-27(26)36-37-33)43-30(35-32)24-15-17-25(18-16-24)42-21-9-20-38/h3-8,10-18,28-29,38H,9,19-22H2,1-2H3,(H,34,39)/b12-8+/t29-,32-/m1/s1. The van der Waals surface area contributed by atoms with E-state index in [4.69, 9.17) is 29.0 Å². The molecule has 11 nitrogen and oxygen atoms in total. The summed E-state index contributed by atoms with van der Waals surface area (Å²) < 4.78 is 22.7. The number of aliphatic imine (C=N–C) groups is 1. The van der Waals surface area contributed by atoms with Gasteiger partial charge in [-0.2, -0.15) is 0 Å². The summed E-state index contributed by atoms with van der Waals surface area (Å²) in [5, 5.41) is 15.8. The predicted molar refractivity (Wildman–Crippen MR) is 163 cm³/mol. The molecule has 0 bridgehead atoms. The van der Waals surface area contributed by atoms with Gasteiger partial charge >= 0.3 is 0 Å². The molecule has 11 heteroatoms. The Morgan fingerprint density at radius 3 is 2.53 bits per heavy atom. The lowest BCUT2D eigenvalue weighted by Gasteiger charge is -2.31. The van der Waals surface area contributed by atoms with Crippen molar-refractivity contribution in [2.45, 2.75) is 30.8 Å². The second kappa shape index (κ2) is 15.5. The van der Waals surface area contributed by atoms with Gasteiger partial charge in [-0.3, -0.25) is 4.79 Å². The number of hydrogen-bond donors (Lipinski definition) is 2. The van der Waals surface area contributed by atoms with Crippen LogP contribution in [0, 0.1) is 0 Å². The third kappa shape index (κ3) is 7.79. The number of benzene rings is 3. The Hall–Kier alpha value is -4.67. The first-order valence-electron chi connectivity index (χ1n) is 13.8. The van der Waals surface area contributed by atoms with Crippen molar-refractivity contribution in [1.82, 2.24) is 5.32 Å². The third-order valence-electron chi connectivity index (χ3n) is 6.90. The van der Waals surface area contributed by atoms with E-state index in [0.29, 0.717) is 35.6 Å². The van der Waals surface area contributed by atoms with Crippen LogP contribution in [0.5, 0.6) is 5.75 Å². The lowest BCUT2D eigenvalue weighted by atomic mass is 9.83. The number of rotatable bonds is 15. The van der Waals surface area contributed by atoms with Crippen LogP contribution in [0.25, 0.3) is 16.5 Å². The summed E-state index contributed by atoms with van der Waals surface area (Å²) in [6.07, 6.45) is 2.89. The van der Waals surface area contributed by atoms with E-state index in [1.54, 1.807) is 48.5 Å². The van der Waals surface area contributed by atoms with Crippen LogP contribution in [0.3, 0.4) is 0 Å². The fourth-order valence-corrected chi connectivity index (χ4v) is 4.67. The SMILES string of the molecule is COC(CNC(=O)[C@]1(C/C=C/c2ccccc2)N=C(c2ccc(OCCCO)cc2)O[C@@H]1c1ccccc1N=[N+]=[N-])OC. The number of carbonyl (C=O) groups excluding carboxylic acids is 1. The number of carbonyl (C=O) groups is 1. The van der Waals surface area contributed by atoms with Crippen LogP contribution in [0.4, 0.5) is 5.69 Å². The predicted octanol–water partition coefficient (Wildman–Crippen LogP) is 5.49. The van der Waals surface area contributed by atoms with Gasteiger partial charge in [0.1, 0.15) is 5.75 Å². The van der Waals surface area contributed by atoms with Crippen molar-refractivity contribution in [3.8, 4) is 5.75 Å². The van der Waals surface area contributed by atoms with Crippen molar-refractivity contribution >= 4 is 23.6 Å². The number of aliphatic hydroxyl groups excluding tert-OH is 1. The number of aliphatic hydroxyl groups is 1. The van der Waals surface area contributed by atoms with Crippen LogP contribution in [0.1, 0.15) is 35.6 Å². The maximum atomic E-state index is 14.2. The zero-order valence-corrected chi connectivity index (χ0v) is 24.1. The zero-order valence-electron chi connectivity index (χ0n) is 24.1. The van der Waals surface area contributed by atoms with Crippen molar-refractivity contribution in [2.75, 3.05) is 34.0 Å². The van der Waals surface area contributed by atoms with Gasteiger partial charge in [0.2, 0.25) is 5.90 Å². The number of nitrogens with zero attached hydrogens (tertiary/aromatic N) is 4. The molecule has 224 valence electrons. The maximum absolute atomic E-state index is 14.2. The normalized spacial score (nSPS) is 17.8. The molecule has 0 saturated carbocycles. The number of hydrogen-bond acceptors (Lipinski definition) is 8. The molecule has 3 aromatic carbocycles. The van der Waals surface area contributed by atoms with Gasteiger partial charge in [0.15, 0.2) is 17.9 Å². The van der Waals surface area contributed by atoms with E-state index in [9.17, 15) is 10.3 Å². The molecule has 0 fully saturated rings. The molecule has 43 heavy (non-hydrogen) atoms. The molecule has 0 spiro atoms. The fourth-order valence-electron chi connectivity index (χ4n) is 4.67.